The monoisotopic (exact) mass is 316 g/mol. The van der Waals surface area contributed by atoms with E-state index in [2.05, 4.69) is 12.2 Å². The first kappa shape index (κ1) is 18.1. The van der Waals surface area contributed by atoms with Crippen LogP contribution in [0.25, 0.3) is 0 Å². The molecular weight excluding hydrogens is 291 g/mol. The van der Waals surface area contributed by atoms with E-state index in [9.17, 15) is 12.8 Å². The fraction of sp³-hybridized carbons (Fsp3) is 0.600. The van der Waals surface area contributed by atoms with Crippen LogP contribution in [0.1, 0.15) is 38.7 Å². The van der Waals surface area contributed by atoms with Crippen LogP contribution in [0.4, 0.5) is 4.39 Å². The summed E-state index contributed by atoms with van der Waals surface area (Å²) in [5.41, 5.74) is 0.771. The predicted octanol–water partition coefficient (Wildman–Crippen LogP) is 2.75. The quantitative estimate of drug-likeness (QED) is 0.713. The van der Waals surface area contributed by atoms with Gasteiger partial charge in [-0.15, -0.1) is 0 Å². The third-order valence-electron chi connectivity index (χ3n) is 3.27. The Morgan fingerprint density at radius 2 is 1.95 bits per heavy atom. The second kappa shape index (κ2) is 8.46. The smallest absolute Gasteiger partial charge is 0.245 e. The number of nitrogens with zero attached hydrogens (tertiary/aromatic N) is 1. The van der Waals surface area contributed by atoms with E-state index in [1.54, 1.807) is 6.07 Å². The molecule has 0 aliphatic heterocycles. The highest BCUT2D eigenvalue weighted by Gasteiger charge is 2.24. The van der Waals surface area contributed by atoms with Crippen LogP contribution in [0, 0.1) is 5.82 Å². The topological polar surface area (TPSA) is 49.4 Å². The Labute approximate surface area is 127 Å². The number of hydrogen-bond acceptors (Lipinski definition) is 3. The maximum atomic E-state index is 13.9. The van der Waals surface area contributed by atoms with Crippen LogP contribution in [0.3, 0.4) is 0 Å². The summed E-state index contributed by atoms with van der Waals surface area (Å²) >= 11 is 0. The lowest BCUT2D eigenvalue weighted by atomic mass is 10.2. The van der Waals surface area contributed by atoms with Crippen molar-refractivity contribution in [3.8, 4) is 0 Å². The highest BCUT2D eigenvalue weighted by Crippen LogP contribution is 2.20. The van der Waals surface area contributed by atoms with Gasteiger partial charge < -0.3 is 5.32 Å². The summed E-state index contributed by atoms with van der Waals surface area (Å²) < 4.78 is 39.9. The van der Waals surface area contributed by atoms with Gasteiger partial charge >= 0.3 is 0 Å². The third kappa shape index (κ3) is 5.05. The van der Waals surface area contributed by atoms with Gasteiger partial charge in [0.25, 0.3) is 0 Å². The molecule has 0 fully saturated rings. The van der Waals surface area contributed by atoms with Crippen molar-refractivity contribution in [1.82, 2.24) is 9.62 Å². The van der Waals surface area contributed by atoms with E-state index in [1.165, 1.54) is 23.5 Å². The molecule has 0 radical (unpaired) electrons. The molecule has 1 rings (SSSR count). The lowest BCUT2D eigenvalue weighted by molar-refractivity contribution is 0.453. The lowest BCUT2D eigenvalue weighted by Gasteiger charge is -2.18. The summed E-state index contributed by atoms with van der Waals surface area (Å²) in [5, 5.41) is 3.18. The first-order valence-corrected chi connectivity index (χ1v) is 8.83. The number of halogens is 1. The summed E-state index contributed by atoms with van der Waals surface area (Å²) in [6, 6.07) is 4.27. The molecule has 0 unspecified atom stereocenters. The van der Waals surface area contributed by atoms with E-state index in [-0.39, 0.29) is 4.90 Å². The van der Waals surface area contributed by atoms with Gasteiger partial charge in [-0.2, -0.15) is 0 Å². The van der Waals surface area contributed by atoms with Gasteiger partial charge in [-0.05, 0) is 37.1 Å². The van der Waals surface area contributed by atoms with Gasteiger partial charge in [-0.3, -0.25) is 0 Å². The van der Waals surface area contributed by atoms with Crippen molar-refractivity contribution >= 4 is 10.0 Å². The second-order valence-corrected chi connectivity index (χ2v) is 7.13. The summed E-state index contributed by atoms with van der Waals surface area (Å²) in [6.45, 7) is 5.82. The number of unbranched alkanes of at least 4 members (excludes halogenated alkanes) is 1. The average Bonchev–Trinajstić information content (AvgIpc) is 2.46. The highest BCUT2D eigenvalue weighted by molar-refractivity contribution is 7.89. The van der Waals surface area contributed by atoms with Crippen LogP contribution < -0.4 is 5.32 Å². The molecule has 1 aromatic rings. The standard InChI is InChI=1S/C15H25FN2O2S/c1-4-6-10-18(3)21(19,20)15-11-13(7-8-14(15)16)12-17-9-5-2/h7-8,11,17H,4-6,9-10,12H2,1-3H3. The molecule has 120 valence electrons. The van der Waals surface area contributed by atoms with E-state index in [0.717, 1.165) is 31.4 Å². The van der Waals surface area contributed by atoms with Gasteiger partial charge in [0.2, 0.25) is 10.0 Å². The van der Waals surface area contributed by atoms with E-state index in [0.29, 0.717) is 13.1 Å². The number of benzene rings is 1. The van der Waals surface area contributed by atoms with Crippen molar-refractivity contribution in [2.45, 2.75) is 44.6 Å². The molecule has 4 nitrogen and oxygen atoms in total. The molecule has 0 heterocycles. The van der Waals surface area contributed by atoms with Gasteiger partial charge in [0.15, 0.2) is 0 Å². The zero-order valence-electron chi connectivity index (χ0n) is 13.0. The first-order chi connectivity index (χ1) is 9.93. The number of hydrogen-bond donors (Lipinski definition) is 1. The van der Waals surface area contributed by atoms with Gasteiger partial charge in [-0.1, -0.05) is 26.3 Å². The number of nitrogens with one attached hydrogen (secondary N) is 1. The van der Waals surface area contributed by atoms with Crippen molar-refractivity contribution in [1.29, 1.82) is 0 Å². The fourth-order valence-corrected chi connectivity index (χ4v) is 3.25. The van der Waals surface area contributed by atoms with E-state index in [4.69, 9.17) is 0 Å². The van der Waals surface area contributed by atoms with E-state index in [1.807, 2.05) is 6.92 Å². The predicted molar refractivity (Wildman–Crippen MR) is 83.1 cm³/mol. The van der Waals surface area contributed by atoms with Crippen LogP contribution in [0.2, 0.25) is 0 Å². The summed E-state index contributed by atoms with van der Waals surface area (Å²) in [7, 11) is -2.27. The average molecular weight is 316 g/mol. The molecule has 0 bridgehead atoms. The lowest BCUT2D eigenvalue weighted by Crippen LogP contribution is -2.29. The number of rotatable bonds is 9. The molecule has 6 heteroatoms. The van der Waals surface area contributed by atoms with Crippen molar-refractivity contribution in [2.75, 3.05) is 20.1 Å². The fourth-order valence-electron chi connectivity index (χ4n) is 1.93. The molecule has 1 aromatic carbocycles. The Bertz CT molecular complexity index is 547. The van der Waals surface area contributed by atoms with E-state index >= 15 is 0 Å². The molecule has 0 atom stereocenters. The Morgan fingerprint density at radius 3 is 2.57 bits per heavy atom. The molecule has 0 amide bonds. The van der Waals surface area contributed by atoms with Crippen molar-refractivity contribution < 1.29 is 12.8 Å². The maximum absolute atomic E-state index is 13.9. The third-order valence-corrected chi connectivity index (χ3v) is 5.14. The summed E-state index contributed by atoms with van der Waals surface area (Å²) in [6.07, 6.45) is 2.64. The molecule has 21 heavy (non-hydrogen) atoms. The maximum Gasteiger partial charge on any atom is 0.245 e. The number of sulfonamides is 1. The van der Waals surface area contributed by atoms with Crippen LogP contribution in [0.15, 0.2) is 23.1 Å². The van der Waals surface area contributed by atoms with E-state index < -0.39 is 15.8 Å². The van der Waals surface area contributed by atoms with Crippen molar-refractivity contribution in [3.63, 3.8) is 0 Å². The Balaban J connectivity index is 2.96. The Morgan fingerprint density at radius 1 is 1.24 bits per heavy atom. The summed E-state index contributed by atoms with van der Waals surface area (Å²) in [5.74, 6) is -0.697. The first-order valence-electron chi connectivity index (χ1n) is 7.39. The van der Waals surface area contributed by atoms with Crippen molar-refractivity contribution in [2.24, 2.45) is 0 Å². The molecule has 0 aliphatic carbocycles. The van der Waals surface area contributed by atoms with Crippen LogP contribution in [-0.4, -0.2) is 32.9 Å². The van der Waals surface area contributed by atoms with Crippen molar-refractivity contribution in [3.05, 3.63) is 29.6 Å². The SMILES string of the molecule is CCCCN(C)S(=O)(=O)c1cc(CNCCC)ccc1F. The molecule has 1 N–H and O–H groups in total. The Kier molecular flexibility index (Phi) is 7.28. The molecular formula is C15H25FN2O2S. The van der Waals surface area contributed by atoms with Gasteiger partial charge in [0.05, 0.1) is 0 Å². The zero-order valence-corrected chi connectivity index (χ0v) is 13.8. The highest BCUT2D eigenvalue weighted by atomic mass is 32.2. The molecule has 0 aliphatic rings. The van der Waals surface area contributed by atoms with Crippen LogP contribution in [-0.2, 0) is 16.6 Å². The minimum atomic E-state index is -3.76. The van der Waals surface area contributed by atoms with Crippen LogP contribution in [0.5, 0.6) is 0 Å². The zero-order chi connectivity index (χ0) is 15.9. The summed E-state index contributed by atoms with van der Waals surface area (Å²) in [4.78, 5) is -0.239. The minimum absolute atomic E-state index is 0.239. The van der Waals surface area contributed by atoms with Crippen LogP contribution >= 0.6 is 0 Å². The van der Waals surface area contributed by atoms with Gasteiger partial charge in [0.1, 0.15) is 10.7 Å². The normalized spacial score (nSPS) is 12.0. The van der Waals surface area contributed by atoms with Gasteiger partial charge in [0, 0.05) is 20.1 Å². The molecule has 0 spiro atoms. The molecule has 0 aromatic heterocycles. The minimum Gasteiger partial charge on any atom is -0.313 e. The second-order valence-electron chi connectivity index (χ2n) is 5.12. The molecule has 0 saturated carbocycles. The largest absolute Gasteiger partial charge is 0.313 e. The Hall–Kier alpha value is -0.980. The van der Waals surface area contributed by atoms with Gasteiger partial charge in [-0.25, -0.2) is 17.1 Å². The molecule has 0 saturated heterocycles.